The van der Waals surface area contributed by atoms with E-state index in [0.29, 0.717) is 12.4 Å². The van der Waals surface area contributed by atoms with Gasteiger partial charge in [-0.05, 0) is 13.3 Å². The standard InChI is InChI=1S/C5H12O2S2/c1-3-5-9(6,8)7-4-2/h3-5H2,1-2H3. The molecule has 0 amide bonds. The van der Waals surface area contributed by atoms with E-state index in [1.807, 2.05) is 6.92 Å². The van der Waals surface area contributed by atoms with Gasteiger partial charge < -0.3 is 0 Å². The Kier molecular flexibility index (Phi) is 4.35. The van der Waals surface area contributed by atoms with Crippen molar-refractivity contribution in [3.63, 3.8) is 0 Å². The predicted octanol–water partition coefficient (Wildman–Crippen LogP) is 1.09. The van der Waals surface area contributed by atoms with Gasteiger partial charge in [0.1, 0.15) is 8.77 Å². The highest BCUT2D eigenvalue weighted by Gasteiger charge is 2.01. The van der Waals surface area contributed by atoms with E-state index in [2.05, 4.69) is 11.2 Å². The Bertz CT molecular complexity index is 136. The van der Waals surface area contributed by atoms with Gasteiger partial charge in [-0.3, -0.25) is 4.18 Å². The highest BCUT2D eigenvalue weighted by Crippen LogP contribution is 1.95. The van der Waals surface area contributed by atoms with Crippen LogP contribution in [0.2, 0.25) is 0 Å². The lowest BCUT2D eigenvalue weighted by atomic mass is 10.6. The molecule has 1 unspecified atom stereocenters. The molecule has 56 valence electrons. The van der Waals surface area contributed by atoms with Crippen LogP contribution in [0.15, 0.2) is 0 Å². The molecule has 0 heterocycles. The van der Waals surface area contributed by atoms with E-state index in [0.717, 1.165) is 6.42 Å². The molecule has 0 aliphatic heterocycles. The Morgan fingerprint density at radius 3 is 2.44 bits per heavy atom. The summed E-state index contributed by atoms with van der Waals surface area (Å²) >= 11 is 4.65. The van der Waals surface area contributed by atoms with Crippen molar-refractivity contribution in [2.24, 2.45) is 0 Å². The molecule has 0 N–H and O–H groups in total. The lowest BCUT2D eigenvalue weighted by Crippen LogP contribution is -2.07. The number of hydrogen-bond donors (Lipinski definition) is 0. The van der Waals surface area contributed by atoms with Crippen molar-refractivity contribution in [3.8, 4) is 0 Å². The molecule has 0 radical (unpaired) electrons. The van der Waals surface area contributed by atoms with Crippen molar-refractivity contribution in [2.75, 3.05) is 12.4 Å². The first-order chi connectivity index (χ1) is 4.12. The predicted molar refractivity (Wildman–Crippen MR) is 42.3 cm³/mol. The van der Waals surface area contributed by atoms with Crippen molar-refractivity contribution in [1.29, 1.82) is 0 Å². The quantitative estimate of drug-likeness (QED) is 0.628. The van der Waals surface area contributed by atoms with Crippen LogP contribution >= 0.6 is 0 Å². The zero-order chi connectivity index (χ0) is 7.33. The summed E-state index contributed by atoms with van der Waals surface area (Å²) in [6.45, 7) is 4.18. The van der Waals surface area contributed by atoms with E-state index >= 15 is 0 Å². The Morgan fingerprint density at radius 2 is 2.11 bits per heavy atom. The lowest BCUT2D eigenvalue weighted by molar-refractivity contribution is 0.369. The fraction of sp³-hybridized carbons (Fsp3) is 1.00. The van der Waals surface area contributed by atoms with Gasteiger partial charge in [0.2, 0.25) is 0 Å². The third-order valence-electron chi connectivity index (χ3n) is 0.752. The normalized spacial score (nSPS) is 17.1. The van der Waals surface area contributed by atoms with Crippen LogP contribution in [-0.4, -0.2) is 16.6 Å². The average molecular weight is 168 g/mol. The van der Waals surface area contributed by atoms with Crippen LogP contribution in [0.3, 0.4) is 0 Å². The average Bonchev–Trinajstić information content (AvgIpc) is 1.64. The second-order valence-electron chi connectivity index (χ2n) is 1.67. The summed E-state index contributed by atoms with van der Waals surface area (Å²) in [6.07, 6.45) is 0.822. The zero-order valence-electron chi connectivity index (χ0n) is 5.75. The van der Waals surface area contributed by atoms with Gasteiger partial charge in [-0.2, -0.15) is 0 Å². The van der Waals surface area contributed by atoms with Gasteiger partial charge >= 0.3 is 0 Å². The molecule has 0 aromatic rings. The molecule has 0 aliphatic carbocycles. The first-order valence-corrected chi connectivity index (χ1v) is 5.57. The molecule has 0 saturated carbocycles. The summed E-state index contributed by atoms with van der Waals surface area (Å²) in [7, 11) is -2.35. The minimum atomic E-state index is -2.35. The SMILES string of the molecule is CCCS(=O)(=S)OCC. The maximum Gasteiger partial charge on any atom is 0.144 e. The zero-order valence-corrected chi connectivity index (χ0v) is 7.39. The molecule has 0 rings (SSSR count). The fourth-order valence-electron chi connectivity index (χ4n) is 0.488. The van der Waals surface area contributed by atoms with Gasteiger partial charge in [0.05, 0.1) is 6.61 Å². The lowest BCUT2D eigenvalue weighted by Gasteiger charge is -2.02. The highest BCUT2D eigenvalue weighted by molar-refractivity contribution is 8.30. The Hall–Kier alpha value is 0.330. The van der Waals surface area contributed by atoms with Crippen molar-refractivity contribution in [3.05, 3.63) is 0 Å². The van der Waals surface area contributed by atoms with Crippen LogP contribution in [0.4, 0.5) is 0 Å². The van der Waals surface area contributed by atoms with Gasteiger partial charge in [0.25, 0.3) is 0 Å². The second kappa shape index (κ2) is 4.19. The number of hydrogen-bond acceptors (Lipinski definition) is 3. The van der Waals surface area contributed by atoms with Crippen molar-refractivity contribution < 1.29 is 8.39 Å². The second-order valence-corrected chi connectivity index (χ2v) is 4.95. The Labute approximate surface area is 61.5 Å². The van der Waals surface area contributed by atoms with Gasteiger partial charge in [-0.15, -0.1) is 0 Å². The molecule has 2 nitrogen and oxygen atoms in total. The third-order valence-corrected chi connectivity index (χ3v) is 3.04. The van der Waals surface area contributed by atoms with Gasteiger partial charge in [0.15, 0.2) is 0 Å². The van der Waals surface area contributed by atoms with E-state index < -0.39 is 8.77 Å². The molecule has 1 atom stereocenters. The topological polar surface area (TPSA) is 26.3 Å². The summed E-state index contributed by atoms with van der Waals surface area (Å²) in [5, 5.41) is 0. The molecular weight excluding hydrogens is 156 g/mol. The van der Waals surface area contributed by atoms with Crippen LogP contribution in [-0.2, 0) is 24.1 Å². The summed E-state index contributed by atoms with van der Waals surface area (Å²) < 4.78 is 15.8. The van der Waals surface area contributed by atoms with Crippen LogP contribution in [0.5, 0.6) is 0 Å². The van der Waals surface area contributed by atoms with Crippen LogP contribution in [0.1, 0.15) is 20.3 Å². The summed E-state index contributed by atoms with van der Waals surface area (Å²) in [5.41, 5.74) is 0. The van der Waals surface area contributed by atoms with E-state index in [-0.39, 0.29) is 0 Å². The maximum atomic E-state index is 11.0. The van der Waals surface area contributed by atoms with E-state index in [9.17, 15) is 4.21 Å². The van der Waals surface area contributed by atoms with E-state index in [1.54, 1.807) is 6.92 Å². The van der Waals surface area contributed by atoms with Crippen molar-refractivity contribution in [2.45, 2.75) is 20.3 Å². The van der Waals surface area contributed by atoms with Crippen LogP contribution in [0.25, 0.3) is 0 Å². The first kappa shape index (κ1) is 9.33. The van der Waals surface area contributed by atoms with Crippen LogP contribution < -0.4 is 0 Å². The van der Waals surface area contributed by atoms with E-state index in [1.165, 1.54) is 0 Å². The Balaban J connectivity index is 3.73. The highest BCUT2D eigenvalue weighted by atomic mass is 32.8. The molecule has 0 fully saturated rings. The van der Waals surface area contributed by atoms with Crippen molar-refractivity contribution in [1.82, 2.24) is 0 Å². The van der Waals surface area contributed by atoms with E-state index in [4.69, 9.17) is 4.18 Å². The monoisotopic (exact) mass is 168 g/mol. The number of rotatable bonds is 4. The fourth-order valence-corrected chi connectivity index (χ4v) is 2.25. The van der Waals surface area contributed by atoms with Gasteiger partial charge in [-0.25, -0.2) is 4.21 Å². The molecule has 0 aliphatic rings. The summed E-state index contributed by atoms with van der Waals surface area (Å²) in [6, 6.07) is 0. The summed E-state index contributed by atoms with van der Waals surface area (Å²) in [4.78, 5) is 0. The molecule has 9 heavy (non-hydrogen) atoms. The molecular formula is C5H12O2S2. The molecule has 0 saturated heterocycles. The maximum absolute atomic E-state index is 11.0. The largest absolute Gasteiger partial charge is 0.290 e. The molecule has 0 aromatic carbocycles. The third kappa shape index (κ3) is 4.81. The molecule has 0 aromatic heterocycles. The smallest absolute Gasteiger partial charge is 0.144 e. The molecule has 4 heteroatoms. The summed E-state index contributed by atoms with van der Waals surface area (Å²) in [5.74, 6) is 0.496. The minimum Gasteiger partial charge on any atom is -0.290 e. The Morgan fingerprint density at radius 1 is 1.56 bits per heavy atom. The van der Waals surface area contributed by atoms with Crippen LogP contribution in [0, 0.1) is 0 Å². The molecule has 0 spiro atoms. The first-order valence-electron chi connectivity index (χ1n) is 2.99. The van der Waals surface area contributed by atoms with Crippen molar-refractivity contribution >= 4 is 20.0 Å². The molecule has 0 bridgehead atoms. The van der Waals surface area contributed by atoms with Gasteiger partial charge in [0, 0.05) is 16.9 Å². The van der Waals surface area contributed by atoms with Gasteiger partial charge in [-0.1, -0.05) is 6.92 Å². The minimum absolute atomic E-state index is 0.447.